The second-order valence-electron chi connectivity index (χ2n) is 4.97. The van der Waals surface area contributed by atoms with E-state index in [9.17, 15) is 0 Å². The molecular formula is C17H15Cl2N3O. The molecule has 0 fully saturated rings. The van der Waals surface area contributed by atoms with Crippen LogP contribution in [0, 0.1) is 0 Å². The minimum absolute atomic E-state index is 0.496. The summed E-state index contributed by atoms with van der Waals surface area (Å²) in [6, 6.07) is 15.2. The number of nitrogens with one attached hydrogen (secondary N) is 2. The number of halogens is 2. The second kappa shape index (κ2) is 6.52. The molecular weight excluding hydrogens is 333 g/mol. The lowest BCUT2D eigenvalue weighted by molar-refractivity contribution is 0.414. The van der Waals surface area contributed by atoms with Gasteiger partial charge in [-0.15, -0.1) is 0 Å². The largest absolute Gasteiger partial charge is 0.495 e. The molecule has 0 saturated carbocycles. The number of methoxy groups -OCH3 is 1. The lowest BCUT2D eigenvalue weighted by Crippen LogP contribution is -2.47. The fourth-order valence-corrected chi connectivity index (χ4v) is 2.83. The highest BCUT2D eigenvalue weighted by molar-refractivity contribution is 6.32. The van der Waals surface area contributed by atoms with Crippen LogP contribution in [0.5, 0.6) is 5.75 Å². The van der Waals surface area contributed by atoms with E-state index in [-0.39, 0.29) is 0 Å². The van der Waals surface area contributed by atoms with E-state index in [0.29, 0.717) is 15.9 Å². The maximum absolute atomic E-state index is 6.21. The Balaban J connectivity index is 1.99. The van der Waals surface area contributed by atoms with E-state index in [2.05, 4.69) is 15.6 Å². The first-order valence-electron chi connectivity index (χ1n) is 6.99. The molecule has 2 aromatic carbocycles. The van der Waals surface area contributed by atoms with Crippen LogP contribution in [0.15, 0.2) is 64.8 Å². The predicted octanol–water partition coefficient (Wildman–Crippen LogP) is 4.33. The van der Waals surface area contributed by atoms with Gasteiger partial charge in [0.25, 0.3) is 0 Å². The summed E-state index contributed by atoms with van der Waals surface area (Å²) >= 11 is 12.4. The maximum atomic E-state index is 6.21. The van der Waals surface area contributed by atoms with E-state index in [4.69, 9.17) is 27.9 Å². The number of anilines is 1. The van der Waals surface area contributed by atoms with Crippen molar-refractivity contribution in [1.29, 1.82) is 0 Å². The smallest absolute Gasteiger partial charge is 0.233 e. The van der Waals surface area contributed by atoms with Crippen LogP contribution in [0.2, 0.25) is 5.02 Å². The Morgan fingerprint density at radius 2 is 1.91 bits per heavy atom. The summed E-state index contributed by atoms with van der Waals surface area (Å²) in [5, 5.41) is 7.56. The predicted molar refractivity (Wildman–Crippen MR) is 95.3 cm³/mol. The van der Waals surface area contributed by atoms with Crippen LogP contribution >= 0.6 is 23.2 Å². The molecule has 23 heavy (non-hydrogen) atoms. The molecule has 0 radical (unpaired) electrons. The first-order chi connectivity index (χ1) is 11.1. The van der Waals surface area contributed by atoms with E-state index in [0.717, 1.165) is 11.3 Å². The standard InChI is InChI=1S/C17H15Cl2N3O/c1-23-15-8-7-13(11-14(15)18)21-17(12-5-3-2-4-6-12)20-10-9-16(19)22-17/h2-11,21-22H,1H3. The Kier molecular flexibility index (Phi) is 4.46. The average molecular weight is 348 g/mol. The zero-order valence-electron chi connectivity index (χ0n) is 12.4. The molecule has 0 bridgehead atoms. The summed E-state index contributed by atoms with van der Waals surface area (Å²) in [6.07, 6.45) is 3.37. The van der Waals surface area contributed by atoms with Gasteiger partial charge in [-0.2, -0.15) is 0 Å². The highest BCUT2D eigenvalue weighted by Gasteiger charge is 2.33. The van der Waals surface area contributed by atoms with Crippen molar-refractivity contribution in [3.63, 3.8) is 0 Å². The van der Waals surface area contributed by atoms with Crippen molar-refractivity contribution in [1.82, 2.24) is 5.32 Å². The summed E-state index contributed by atoms with van der Waals surface area (Å²) in [6.45, 7) is 0. The molecule has 0 aliphatic carbocycles. The molecule has 4 nitrogen and oxygen atoms in total. The Morgan fingerprint density at radius 1 is 1.13 bits per heavy atom. The number of benzene rings is 2. The van der Waals surface area contributed by atoms with Crippen molar-refractivity contribution in [2.45, 2.75) is 5.79 Å². The topological polar surface area (TPSA) is 45.6 Å². The van der Waals surface area contributed by atoms with Gasteiger partial charge in [0.05, 0.1) is 12.1 Å². The first kappa shape index (κ1) is 15.7. The summed E-state index contributed by atoms with van der Waals surface area (Å²) in [7, 11) is 1.58. The fourth-order valence-electron chi connectivity index (χ4n) is 2.38. The van der Waals surface area contributed by atoms with Crippen molar-refractivity contribution in [2.24, 2.45) is 4.99 Å². The molecule has 3 rings (SSSR count). The third kappa shape index (κ3) is 3.28. The highest BCUT2D eigenvalue weighted by atomic mass is 35.5. The van der Waals surface area contributed by atoms with Gasteiger partial charge in [-0.1, -0.05) is 53.5 Å². The highest BCUT2D eigenvalue weighted by Crippen LogP contribution is 2.32. The Hall–Kier alpha value is -2.17. The molecule has 1 aliphatic rings. The Morgan fingerprint density at radius 3 is 2.57 bits per heavy atom. The monoisotopic (exact) mass is 347 g/mol. The normalized spacial score (nSPS) is 19.7. The summed E-state index contributed by atoms with van der Waals surface area (Å²) in [4.78, 5) is 4.57. The SMILES string of the molecule is COc1ccc(NC2(c3ccccc3)N=CC=C(Cl)N2)cc1Cl. The van der Waals surface area contributed by atoms with Crippen molar-refractivity contribution in [2.75, 3.05) is 12.4 Å². The number of allylic oxidation sites excluding steroid dienone is 1. The van der Waals surface area contributed by atoms with E-state index in [1.54, 1.807) is 31.5 Å². The minimum Gasteiger partial charge on any atom is -0.495 e. The van der Waals surface area contributed by atoms with Gasteiger partial charge in [0.1, 0.15) is 10.9 Å². The fraction of sp³-hybridized carbons (Fsp3) is 0.118. The number of nitrogens with zero attached hydrogens (tertiary/aromatic N) is 1. The summed E-state index contributed by atoms with van der Waals surface area (Å²) in [5.74, 6) is -0.283. The molecule has 1 aliphatic heterocycles. The number of aliphatic imine (C=N–C) groups is 1. The number of ether oxygens (including phenoxy) is 1. The molecule has 2 N–H and O–H groups in total. The van der Waals surface area contributed by atoms with Crippen LogP contribution in [0.1, 0.15) is 5.56 Å². The number of rotatable bonds is 4. The molecule has 6 heteroatoms. The molecule has 0 amide bonds. The van der Waals surface area contributed by atoms with Crippen molar-refractivity contribution >= 4 is 35.1 Å². The molecule has 1 unspecified atom stereocenters. The van der Waals surface area contributed by atoms with Gasteiger partial charge in [0, 0.05) is 17.5 Å². The molecule has 0 saturated heterocycles. The first-order valence-corrected chi connectivity index (χ1v) is 7.75. The van der Waals surface area contributed by atoms with Crippen molar-refractivity contribution in [3.8, 4) is 5.75 Å². The number of hydrogen-bond acceptors (Lipinski definition) is 4. The van der Waals surface area contributed by atoms with Crippen LogP contribution in [-0.4, -0.2) is 13.3 Å². The minimum atomic E-state index is -0.898. The van der Waals surface area contributed by atoms with E-state index in [1.165, 1.54) is 0 Å². The van der Waals surface area contributed by atoms with Gasteiger partial charge < -0.3 is 15.4 Å². The van der Waals surface area contributed by atoms with Crippen LogP contribution in [0.4, 0.5) is 5.69 Å². The Labute approximate surface area is 144 Å². The molecule has 1 heterocycles. The van der Waals surface area contributed by atoms with Gasteiger partial charge >= 0.3 is 0 Å². The third-order valence-electron chi connectivity index (χ3n) is 3.46. The average Bonchev–Trinajstić information content (AvgIpc) is 2.56. The van der Waals surface area contributed by atoms with Crippen LogP contribution < -0.4 is 15.4 Å². The summed E-state index contributed by atoms with van der Waals surface area (Å²) in [5.41, 5.74) is 1.71. The van der Waals surface area contributed by atoms with Gasteiger partial charge in [-0.05, 0) is 24.3 Å². The molecule has 0 spiro atoms. The van der Waals surface area contributed by atoms with Gasteiger partial charge in [-0.3, -0.25) is 0 Å². The zero-order chi connectivity index (χ0) is 16.3. The Bertz CT molecular complexity index is 762. The van der Waals surface area contributed by atoms with E-state index >= 15 is 0 Å². The number of hydrogen-bond donors (Lipinski definition) is 2. The van der Waals surface area contributed by atoms with Gasteiger partial charge in [-0.25, -0.2) is 4.99 Å². The van der Waals surface area contributed by atoms with Gasteiger partial charge in [0.15, 0.2) is 0 Å². The third-order valence-corrected chi connectivity index (χ3v) is 3.97. The van der Waals surface area contributed by atoms with E-state index < -0.39 is 5.79 Å². The van der Waals surface area contributed by atoms with Crippen molar-refractivity contribution < 1.29 is 4.74 Å². The van der Waals surface area contributed by atoms with Crippen molar-refractivity contribution in [3.05, 3.63) is 70.3 Å². The second-order valence-corrected chi connectivity index (χ2v) is 5.78. The van der Waals surface area contributed by atoms with E-state index in [1.807, 2.05) is 36.4 Å². The van der Waals surface area contributed by atoms with Gasteiger partial charge in [0.2, 0.25) is 5.79 Å². The maximum Gasteiger partial charge on any atom is 0.233 e. The quantitative estimate of drug-likeness (QED) is 0.809. The van der Waals surface area contributed by atoms with Crippen LogP contribution in [0.3, 0.4) is 0 Å². The summed E-state index contributed by atoms with van der Waals surface area (Å²) < 4.78 is 5.18. The lowest BCUT2D eigenvalue weighted by Gasteiger charge is -2.35. The molecule has 118 valence electrons. The molecule has 2 aromatic rings. The molecule has 0 aromatic heterocycles. The van der Waals surface area contributed by atoms with Crippen LogP contribution in [-0.2, 0) is 5.79 Å². The molecule has 1 atom stereocenters. The zero-order valence-corrected chi connectivity index (χ0v) is 13.9. The lowest BCUT2D eigenvalue weighted by atomic mass is 10.1. The van der Waals surface area contributed by atoms with Crippen LogP contribution in [0.25, 0.3) is 0 Å².